The van der Waals surface area contributed by atoms with Crippen LogP contribution in [0.2, 0.25) is 0 Å². The van der Waals surface area contributed by atoms with Crippen molar-refractivity contribution < 1.29 is 13.2 Å². The molecule has 0 heterocycles. The second-order valence-corrected chi connectivity index (χ2v) is 7.65. The zero-order chi connectivity index (χ0) is 17.2. The zero-order valence-electron chi connectivity index (χ0n) is 13.2. The minimum Gasteiger partial charge on any atom is -0.378 e. The monoisotopic (exact) mass is 339 g/mol. The Morgan fingerprint density at radius 3 is 2.29 bits per heavy atom. The standard InChI is InChI=1S/C19H17NO3S/c1-24(22,23)18-10-9-14-11-16(8-7-15(14)12-18)19(21)13-20-17-5-3-2-4-6-17/h2-12,20H,13H2,1H3. The van der Waals surface area contributed by atoms with Gasteiger partial charge in [-0.2, -0.15) is 0 Å². The van der Waals surface area contributed by atoms with Gasteiger partial charge in [0.25, 0.3) is 0 Å². The van der Waals surface area contributed by atoms with Crippen LogP contribution < -0.4 is 5.32 Å². The first-order valence-electron chi connectivity index (χ1n) is 7.49. The molecule has 0 amide bonds. The molecule has 1 N–H and O–H groups in total. The van der Waals surface area contributed by atoms with Gasteiger partial charge in [0.15, 0.2) is 15.6 Å². The summed E-state index contributed by atoms with van der Waals surface area (Å²) in [5.41, 5.74) is 1.49. The first-order chi connectivity index (χ1) is 11.4. The van der Waals surface area contributed by atoms with Crippen molar-refractivity contribution in [1.82, 2.24) is 0 Å². The molecule has 0 unspecified atom stereocenters. The number of Topliss-reactive ketones (excluding diaryl/α,β-unsaturated/α-hetero) is 1. The second-order valence-electron chi connectivity index (χ2n) is 5.64. The number of carbonyl (C=O) groups is 1. The third kappa shape index (κ3) is 3.63. The van der Waals surface area contributed by atoms with E-state index in [0.29, 0.717) is 5.56 Å². The van der Waals surface area contributed by atoms with Crippen LogP contribution in [-0.4, -0.2) is 27.0 Å². The van der Waals surface area contributed by atoms with Crippen molar-refractivity contribution in [3.8, 4) is 0 Å². The van der Waals surface area contributed by atoms with Crippen molar-refractivity contribution in [2.24, 2.45) is 0 Å². The predicted molar refractivity (Wildman–Crippen MR) is 96.3 cm³/mol. The fraction of sp³-hybridized carbons (Fsp3) is 0.105. The van der Waals surface area contributed by atoms with Gasteiger partial charge < -0.3 is 5.32 Å². The smallest absolute Gasteiger partial charge is 0.181 e. The van der Waals surface area contributed by atoms with E-state index in [-0.39, 0.29) is 17.2 Å². The van der Waals surface area contributed by atoms with Gasteiger partial charge in [0.05, 0.1) is 11.4 Å². The van der Waals surface area contributed by atoms with Crippen LogP contribution >= 0.6 is 0 Å². The summed E-state index contributed by atoms with van der Waals surface area (Å²) >= 11 is 0. The van der Waals surface area contributed by atoms with E-state index in [0.717, 1.165) is 16.5 Å². The number of para-hydroxylation sites is 1. The van der Waals surface area contributed by atoms with E-state index in [9.17, 15) is 13.2 Å². The maximum Gasteiger partial charge on any atom is 0.181 e. The molecule has 0 fully saturated rings. The summed E-state index contributed by atoms with van der Waals surface area (Å²) in [6.07, 6.45) is 1.18. The molecule has 5 heteroatoms. The molecule has 0 spiro atoms. The number of sulfone groups is 1. The Morgan fingerprint density at radius 2 is 1.58 bits per heavy atom. The minimum absolute atomic E-state index is 0.0204. The highest BCUT2D eigenvalue weighted by molar-refractivity contribution is 7.90. The summed E-state index contributed by atoms with van der Waals surface area (Å²) in [4.78, 5) is 12.6. The van der Waals surface area contributed by atoms with Gasteiger partial charge in [0.1, 0.15) is 0 Å². The molecule has 0 aliphatic rings. The van der Waals surface area contributed by atoms with E-state index in [1.54, 1.807) is 36.4 Å². The van der Waals surface area contributed by atoms with Crippen molar-refractivity contribution in [1.29, 1.82) is 0 Å². The fourth-order valence-corrected chi connectivity index (χ4v) is 3.12. The second kappa shape index (κ2) is 6.45. The lowest BCUT2D eigenvalue weighted by molar-refractivity contribution is 0.101. The van der Waals surface area contributed by atoms with Crippen molar-refractivity contribution >= 4 is 32.1 Å². The predicted octanol–water partition coefficient (Wildman–Crippen LogP) is 3.54. The molecule has 0 saturated heterocycles. The summed E-state index contributed by atoms with van der Waals surface area (Å²) in [6.45, 7) is 0.205. The first kappa shape index (κ1) is 16.2. The lowest BCUT2D eigenvalue weighted by atomic mass is 10.0. The van der Waals surface area contributed by atoms with Crippen molar-refractivity contribution in [3.05, 3.63) is 72.3 Å². The molecule has 3 rings (SSSR count). The Hall–Kier alpha value is -2.66. The van der Waals surface area contributed by atoms with Crippen molar-refractivity contribution in [2.45, 2.75) is 4.90 Å². The van der Waals surface area contributed by atoms with Gasteiger partial charge >= 0.3 is 0 Å². The summed E-state index contributed by atoms with van der Waals surface area (Å²) in [5.74, 6) is -0.0204. The van der Waals surface area contributed by atoms with Gasteiger partial charge in [-0.3, -0.25) is 4.79 Å². The van der Waals surface area contributed by atoms with Gasteiger partial charge in [-0.05, 0) is 41.1 Å². The number of rotatable bonds is 5. The Morgan fingerprint density at radius 1 is 0.917 bits per heavy atom. The Balaban J connectivity index is 1.81. The summed E-state index contributed by atoms with van der Waals surface area (Å²) in [5, 5.41) is 4.73. The van der Waals surface area contributed by atoms with Gasteiger partial charge in [-0.15, -0.1) is 0 Å². The van der Waals surface area contributed by atoms with Crippen LogP contribution in [0, 0.1) is 0 Å². The zero-order valence-corrected chi connectivity index (χ0v) is 14.0. The topological polar surface area (TPSA) is 63.2 Å². The molecule has 4 nitrogen and oxygen atoms in total. The number of carbonyl (C=O) groups excluding carboxylic acids is 1. The maximum atomic E-state index is 12.3. The molecule has 0 aromatic heterocycles. The number of anilines is 1. The molecule has 0 atom stereocenters. The van der Waals surface area contributed by atoms with Gasteiger partial charge in [-0.25, -0.2) is 8.42 Å². The molecular formula is C19H17NO3S. The molecule has 0 bridgehead atoms. The lowest BCUT2D eigenvalue weighted by Crippen LogP contribution is -2.13. The maximum absolute atomic E-state index is 12.3. The van der Waals surface area contributed by atoms with Crippen molar-refractivity contribution in [3.63, 3.8) is 0 Å². The van der Waals surface area contributed by atoms with E-state index < -0.39 is 9.84 Å². The summed E-state index contributed by atoms with van der Waals surface area (Å²) in [7, 11) is -3.24. The summed E-state index contributed by atoms with van der Waals surface area (Å²) in [6, 6.07) is 19.7. The number of hydrogen-bond acceptors (Lipinski definition) is 4. The van der Waals surface area contributed by atoms with Crippen LogP contribution in [0.3, 0.4) is 0 Å². The molecule has 0 radical (unpaired) electrons. The van der Waals surface area contributed by atoms with E-state index in [2.05, 4.69) is 5.32 Å². The van der Waals surface area contributed by atoms with Gasteiger partial charge in [-0.1, -0.05) is 36.4 Å². The van der Waals surface area contributed by atoms with E-state index in [1.165, 1.54) is 6.26 Å². The number of hydrogen-bond donors (Lipinski definition) is 1. The Labute approximate surface area is 141 Å². The van der Waals surface area contributed by atoms with Crippen LogP contribution in [-0.2, 0) is 9.84 Å². The highest BCUT2D eigenvalue weighted by atomic mass is 32.2. The molecule has 0 saturated carbocycles. The van der Waals surface area contributed by atoms with E-state index in [1.807, 2.05) is 30.3 Å². The highest BCUT2D eigenvalue weighted by Gasteiger charge is 2.10. The van der Waals surface area contributed by atoms with Crippen molar-refractivity contribution in [2.75, 3.05) is 18.1 Å². The van der Waals surface area contributed by atoms with E-state index in [4.69, 9.17) is 0 Å². The minimum atomic E-state index is -3.24. The van der Waals surface area contributed by atoms with Crippen LogP contribution in [0.15, 0.2) is 71.6 Å². The van der Waals surface area contributed by atoms with E-state index >= 15 is 0 Å². The number of benzene rings is 3. The number of ketones is 1. The van der Waals surface area contributed by atoms with Gasteiger partial charge in [0.2, 0.25) is 0 Å². The number of fused-ring (bicyclic) bond motifs is 1. The average Bonchev–Trinajstić information content (AvgIpc) is 2.59. The first-order valence-corrected chi connectivity index (χ1v) is 9.39. The molecule has 122 valence electrons. The third-order valence-electron chi connectivity index (χ3n) is 3.79. The Kier molecular flexibility index (Phi) is 4.36. The largest absolute Gasteiger partial charge is 0.378 e. The summed E-state index contributed by atoms with van der Waals surface area (Å²) < 4.78 is 23.2. The SMILES string of the molecule is CS(=O)(=O)c1ccc2cc(C(=O)CNc3ccccc3)ccc2c1. The van der Waals surface area contributed by atoms with Crippen LogP contribution in [0.4, 0.5) is 5.69 Å². The normalized spacial score (nSPS) is 11.4. The molecule has 24 heavy (non-hydrogen) atoms. The molecule has 3 aromatic rings. The molecule has 0 aliphatic heterocycles. The third-order valence-corrected chi connectivity index (χ3v) is 4.90. The fourth-order valence-electron chi connectivity index (χ4n) is 2.47. The number of nitrogens with one attached hydrogen (secondary N) is 1. The van der Waals surface area contributed by atoms with Crippen LogP contribution in [0.5, 0.6) is 0 Å². The Bertz CT molecular complexity index is 996. The quantitative estimate of drug-likeness (QED) is 0.722. The molecular weight excluding hydrogens is 322 g/mol. The van der Waals surface area contributed by atoms with Crippen LogP contribution in [0.25, 0.3) is 10.8 Å². The molecule has 3 aromatic carbocycles. The van der Waals surface area contributed by atoms with Gasteiger partial charge in [0, 0.05) is 17.5 Å². The molecule has 0 aliphatic carbocycles. The average molecular weight is 339 g/mol. The van der Waals surface area contributed by atoms with Crippen LogP contribution in [0.1, 0.15) is 10.4 Å². The highest BCUT2D eigenvalue weighted by Crippen LogP contribution is 2.21. The lowest BCUT2D eigenvalue weighted by Gasteiger charge is -2.07.